The van der Waals surface area contributed by atoms with Gasteiger partial charge in [-0.1, -0.05) is 34.8 Å². The van der Waals surface area contributed by atoms with Gasteiger partial charge in [-0.3, -0.25) is 0 Å². The molecule has 0 spiro atoms. The van der Waals surface area contributed by atoms with Gasteiger partial charge in [-0.2, -0.15) is 13.2 Å². The SMILES string of the molecule is FC(F)(F)c1cc(Cl)nc(Oc2cc(Cl)c(Br)cc2Cl)c1. The number of rotatable bonds is 2. The molecule has 0 N–H and O–H groups in total. The third kappa shape index (κ3) is 4.16. The van der Waals surface area contributed by atoms with E-state index in [4.69, 9.17) is 39.5 Å². The Hall–Kier alpha value is -0.690. The highest BCUT2D eigenvalue weighted by molar-refractivity contribution is 9.10. The molecule has 0 saturated carbocycles. The minimum Gasteiger partial charge on any atom is -0.437 e. The van der Waals surface area contributed by atoms with E-state index in [0.717, 1.165) is 6.07 Å². The predicted octanol–water partition coefficient (Wildman–Crippen LogP) is 6.62. The number of halogens is 7. The third-order valence-electron chi connectivity index (χ3n) is 2.29. The van der Waals surface area contributed by atoms with Crippen LogP contribution in [0, 0.1) is 0 Å². The van der Waals surface area contributed by atoms with Crippen LogP contribution >= 0.6 is 50.7 Å². The first-order valence-corrected chi connectivity index (χ1v) is 7.16. The van der Waals surface area contributed by atoms with Crippen LogP contribution in [0.3, 0.4) is 0 Å². The van der Waals surface area contributed by atoms with Gasteiger partial charge >= 0.3 is 6.18 Å². The van der Waals surface area contributed by atoms with Crippen LogP contribution in [-0.4, -0.2) is 4.98 Å². The lowest BCUT2D eigenvalue weighted by Gasteiger charge is -2.11. The molecule has 0 unspecified atom stereocenters. The quantitative estimate of drug-likeness (QED) is 0.402. The molecule has 0 atom stereocenters. The van der Waals surface area contributed by atoms with Gasteiger partial charge in [0.2, 0.25) is 5.88 Å². The Morgan fingerprint density at radius 2 is 1.67 bits per heavy atom. The van der Waals surface area contributed by atoms with Crippen LogP contribution in [0.15, 0.2) is 28.7 Å². The predicted molar refractivity (Wildman–Crippen MR) is 78.5 cm³/mol. The Morgan fingerprint density at radius 3 is 2.29 bits per heavy atom. The second-order valence-corrected chi connectivity index (χ2v) is 5.87. The van der Waals surface area contributed by atoms with E-state index in [-0.39, 0.29) is 26.8 Å². The van der Waals surface area contributed by atoms with Crippen molar-refractivity contribution in [1.29, 1.82) is 0 Å². The molecule has 0 saturated heterocycles. The van der Waals surface area contributed by atoms with Crippen LogP contribution in [0.25, 0.3) is 0 Å². The normalized spacial score (nSPS) is 11.6. The van der Waals surface area contributed by atoms with Gasteiger partial charge in [-0.05, 0) is 28.1 Å². The van der Waals surface area contributed by atoms with Gasteiger partial charge in [0.05, 0.1) is 15.6 Å². The topological polar surface area (TPSA) is 22.1 Å². The van der Waals surface area contributed by atoms with Crippen molar-refractivity contribution in [3.63, 3.8) is 0 Å². The lowest BCUT2D eigenvalue weighted by Crippen LogP contribution is -2.05. The molecule has 2 nitrogen and oxygen atoms in total. The highest BCUT2D eigenvalue weighted by Gasteiger charge is 2.32. The van der Waals surface area contributed by atoms with E-state index in [1.807, 2.05) is 0 Å². The van der Waals surface area contributed by atoms with Crippen molar-refractivity contribution >= 4 is 50.7 Å². The Kier molecular flexibility index (Phi) is 4.92. The molecule has 0 aliphatic rings. The smallest absolute Gasteiger partial charge is 0.416 e. The molecule has 0 bridgehead atoms. The van der Waals surface area contributed by atoms with Crippen LogP contribution in [0.5, 0.6) is 11.6 Å². The van der Waals surface area contributed by atoms with Gasteiger partial charge in [0.25, 0.3) is 0 Å². The maximum absolute atomic E-state index is 12.7. The third-order valence-corrected chi connectivity index (χ3v) is 3.97. The van der Waals surface area contributed by atoms with Crippen molar-refractivity contribution in [1.82, 2.24) is 4.98 Å². The average Bonchev–Trinajstić information content (AvgIpc) is 2.34. The monoisotopic (exact) mass is 419 g/mol. The van der Waals surface area contributed by atoms with E-state index in [1.54, 1.807) is 0 Å². The summed E-state index contributed by atoms with van der Waals surface area (Å²) in [5, 5.41) is 0.0910. The molecule has 1 heterocycles. The first-order chi connectivity index (χ1) is 9.66. The van der Waals surface area contributed by atoms with Crippen molar-refractivity contribution in [2.24, 2.45) is 0 Å². The van der Waals surface area contributed by atoms with E-state index < -0.39 is 11.7 Å². The molecule has 0 aliphatic heterocycles. The fourth-order valence-electron chi connectivity index (χ4n) is 1.38. The lowest BCUT2D eigenvalue weighted by molar-refractivity contribution is -0.137. The van der Waals surface area contributed by atoms with E-state index in [2.05, 4.69) is 20.9 Å². The van der Waals surface area contributed by atoms with Crippen molar-refractivity contribution in [3.8, 4) is 11.6 Å². The van der Waals surface area contributed by atoms with Gasteiger partial charge in [-0.15, -0.1) is 0 Å². The number of aromatic nitrogens is 1. The molecule has 0 amide bonds. The van der Waals surface area contributed by atoms with E-state index >= 15 is 0 Å². The molecule has 112 valence electrons. The Morgan fingerprint density at radius 1 is 1.00 bits per heavy atom. The van der Waals surface area contributed by atoms with E-state index in [0.29, 0.717) is 10.5 Å². The summed E-state index contributed by atoms with van der Waals surface area (Å²) < 4.78 is 43.8. The summed E-state index contributed by atoms with van der Waals surface area (Å²) in [6.07, 6.45) is -4.56. The van der Waals surface area contributed by atoms with Gasteiger partial charge in [-0.25, -0.2) is 4.98 Å². The molecule has 0 fully saturated rings. The van der Waals surface area contributed by atoms with Gasteiger partial charge in [0, 0.05) is 16.6 Å². The number of benzene rings is 1. The highest BCUT2D eigenvalue weighted by Crippen LogP contribution is 2.38. The molecular weight excluding hydrogens is 417 g/mol. The zero-order valence-electron chi connectivity index (χ0n) is 9.81. The van der Waals surface area contributed by atoms with Crippen molar-refractivity contribution < 1.29 is 17.9 Å². The van der Waals surface area contributed by atoms with Crippen LogP contribution in [0.1, 0.15) is 5.56 Å². The minimum atomic E-state index is -4.56. The first-order valence-electron chi connectivity index (χ1n) is 5.24. The number of pyridine rings is 1. The average molecular weight is 421 g/mol. The van der Waals surface area contributed by atoms with Crippen molar-refractivity contribution in [3.05, 3.63) is 49.5 Å². The van der Waals surface area contributed by atoms with Crippen molar-refractivity contribution in [2.75, 3.05) is 0 Å². The first kappa shape index (κ1) is 16.7. The summed E-state index contributed by atoms with van der Waals surface area (Å²) in [6, 6.07) is 4.22. The van der Waals surface area contributed by atoms with E-state index in [9.17, 15) is 13.2 Å². The molecule has 0 aliphatic carbocycles. The second-order valence-electron chi connectivity index (χ2n) is 3.81. The summed E-state index contributed by atoms with van der Waals surface area (Å²) in [7, 11) is 0. The Labute approximate surface area is 140 Å². The van der Waals surface area contributed by atoms with Crippen LogP contribution in [-0.2, 0) is 6.18 Å². The zero-order valence-corrected chi connectivity index (χ0v) is 13.7. The summed E-state index contributed by atoms with van der Waals surface area (Å²) >= 11 is 20.5. The molecular formula is C12H4BrCl3F3NO. The Bertz CT molecular complexity index is 694. The number of hydrogen-bond acceptors (Lipinski definition) is 2. The van der Waals surface area contributed by atoms with Crippen LogP contribution in [0.4, 0.5) is 13.2 Å². The number of alkyl halides is 3. The summed E-state index contributed by atoms with van der Waals surface area (Å²) in [5.41, 5.74) is -0.975. The van der Waals surface area contributed by atoms with Gasteiger partial charge in [0.15, 0.2) is 0 Å². The van der Waals surface area contributed by atoms with Crippen molar-refractivity contribution in [2.45, 2.75) is 6.18 Å². The molecule has 0 radical (unpaired) electrons. The fraction of sp³-hybridized carbons (Fsp3) is 0.0833. The maximum Gasteiger partial charge on any atom is 0.416 e. The summed E-state index contributed by atoms with van der Waals surface area (Å²) in [6.45, 7) is 0. The number of nitrogens with zero attached hydrogens (tertiary/aromatic N) is 1. The van der Waals surface area contributed by atoms with Crippen LogP contribution < -0.4 is 4.74 Å². The van der Waals surface area contributed by atoms with Gasteiger partial charge < -0.3 is 4.74 Å². The highest BCUT2D eigenvalue weighted by atomic mass is 79.9. The largest absolute Gasteiger partial charge is 0.437 e. The van der Waals surface area contributed by atoms with E-state index in [1.165, 1.54) is 12.1 Å². The van der Waals surface area contributed by atoms with Gasteiger partial charge in [0.1, 0.15) is 10.9 Å². The summed E-state index contributed by atoms with van der Waals surface area (Å²) in [4.78, 5) is 3.67. The number of ether oxygens (including phenoxy) is 1. The molecule has 21 heavy (non-hydrogen) atoms. The standard InChI is InChI=1S/C12H4BrCl3F3NO/c13-6-3-8(15)9(4-7(6)14)21-11-2-5(12(17,18)19)1-10(16)20-11/h1-4H. The zero-order chi connectivity index (χ0) is 15.8. The second kappa shape index (κ2) is 6.20. The Balaban J connectivity index is 2.40. The molecule has 2 aromatic rings. The number of hydrogen-bond donors (Lipinski definition) is 0. The molecule has 9 heteroatoms. The lowest BCUT2D eigenvalue weighted by atomic mass is 10.2. The molecule has 1 aromatic heterocycles. The minimum absolute atomic E-state index is 0.0627. The molecule has 2 rings (SSSR count). The fourth-order valence-corrected chi connectivity index (χ4v) is 2.42. The molecule has 1 aromatic carbocycles. The maximum atomic E-state index is 12.7. The summed E-state index contributed by atoms with van der Waals surface area (Å²) in [5.74, 6) is -0.275. The van der Waals surface area contributed by atoms with Crippen LogP contribution in [0.2, 0.25) is 15.2 Å².